The van der Waals surface area contributed by atoms with Gasteiger partial charge >= 0.3 is 0 Å². The number of anilines is 2. The number of halogens is 1. The first kappa shape index (κ1) is 30.3. The molecule has 228 valence electrons. The second kappa shape index (κ2) is 13.1. The Balaban J connectivity index is 1.17. The number of methoxy groups -OCH3 is 1. The monoisotopic (exact) mass is 629 g/mol. The molecule has 2 fully saturated rings. The number of pyridine rings is 2. The number of hydrogen-bond donors (Lipinski definition) is 1. The highest BCUT2D eigenvalue weighted by Crippen LogP contribution is 2.53. The molecule has 3 heterocycles. The van der Waals surface area contributed by atoms with Gasteiger partial charge in [0.15, 0.2) is 11.5 Å². The van der Waals surface area contributed by atoms with E-state index in [1.54, 1.807) is 25.6 Å². The van der Waals surface area contributed by atoms with E-state index in [0.29, 0.717) is 69.3 Å². The van der Waals surface area contributed by atoms with Crippen molar-refractivity contribution < 1.29 is 14.2 Å². The van der Waals surface area contributed by atoms with Gasteiger partial charge in [-0.05, 0) is 80.0 Å². The molecule has 0 unspecified atom stereocenters. The normalized spacial score (nSPS) is 16.3. The molecule has 0 atom stereocenters. The summed E-state index contributed by atoms with van der Waals surface area (Å²) in [7, 11) is 1.63. The zero-order chi connectivity index (χ0) is 30.7. The van der Waals surface area contributed by atoms with E-state index in [4.69, 9.17) is 25.8 Å². The van der Waals surface area contributed by atoms with Crippen molar-refractivity contribution in [3.8, 4) is 23.3 Å². The Kier molecular flexibility index (Phi) is 9.03. The number of piperidine rings is 1. The lowest BCUT2D eigenvalue weighted by molar-refractivity contribution is -0.0142. The van der Waals surface area contributed by atoms with Crippen LogP contribution in [0.25, 0.3) is 10.9 Å². The Morgan fingerprint density at radius 2 is 1.93 bits per heavy atom. The molecule has 0 amide bonds. The molecule has 10 heteroatoms. The van der Waals surface area contributed by atoms with Gasteiger partial charge in [-0.3, -0.25) is 14.3 Å². The molecule has 0 radical (unpaired) electrons. The van der Waals surface area contributed by atoms with Crippen molar-refractivity contribution in [3.63, 3.8) is 0 Å². The van der Waals surface area contributed by atoms with Crippen molar-refractivity contribution in [2.45, 2.75) is 39.2 Å². The van der Waals surface area contributed by atoms with Crippen LogP contribution in [-0.4, -0.2) is 47.3 Å². The molecule has 4 aromatic rings. The van der Waals surface area contributed by atoms with Crippen LogP contribution in [0, 0.1) is 29.6 Å². The lowest BCUT2D eigenvalue weighted by Gasteiger charge is -2.51. The van der Waals surface area contributed by atoms with E-state index < -0.39 is 0 Å². The van der Waals surface area contributed by atoms with Crippen molar-refractivity contribution >= 4 is 45.8 Å². The van der Waals surface area contributed by atoms with Crippen LogP contribution in [0.2, 0.25) is 5.02 Å². The van der Waals surface area contributed by atoms with E-state index in [-0.39, 0.29) is 0 Å². The summed E-state index contributed by atoms with van der Waals surface area (Å²) in [6.07, 6.45) is 10.5. The van der Waals surface area contributed by atoms with Gasteiger partial charge in [0, 0.05) is 43.0 Å². The number of ether oxygens (including phenoxy) is 3. The number of rotatable bonds is 10. The Morgan fingerprint density at radius 3 is 2.64 bits per heavy atom. The van der Waals surface area contributed by atoms with Crippen molar-refractivity contribution in [2.75, 3.05) is 38.4 Å². The molecule has 1 aliphatic heterocycles. The van der Waals surface area contributed by atoms with Crippen LogP contribution in [0.4, 0.5) is 11.4 Å². The van der Waals surface area contributed by atoms with Crippen LogP contribution in [0.3, 0.4) is 0 Å². The first-order chi connectivity index (χ1) is 21.4. The number of aromatic nitrogens is 2. The number of aryl methyl sites for hydroxylation is 1. The standard InChI is InChI=1S/C34H36ClN5O3S/c1-22-5-4-10-37-30(22)21-42-25-6-7-28(27(35)13-25)39-33-24(18-36)19-38-29-15-32(31(41-2)14-26(29)33)43-20-23-16-34(17-23)8-11-40(44-3)12-9-34/h4-7,10,13-15,19,23H,8-9,11-12,16-17,20-21H2,1-3H3,(H,38,39). The maximum absolute atomic E-state index is 9.91. The van der Waals surface area contributed by atoms with E-state index >= 15 is 0 Å². The molecule has 1 aliphatic carbocycles. The second-order valence-electron chi connectivity index (χ2n) is 11.7. The van der Waals surface area contributed by atoms with Crippen LogP contribution in [0.1, 0.15) is 42.5 Å². The van der Waals surface area contributed by atoms with Crippen LogP contribution in [0.5, 0.6) is 17.2 Å². The van der Waals surface area contributed by atoms with Crippen LogP contribution < -0.4 is 19.5 Å². The number of fused-ring (bicyclic) bond motifs is 1. The third-order valence-corrected chi connectivity index (χ3v) is 10.1. The van der Waals surface area contributed by atoms with Gasteiger partial charge in [0.05, 0.1) is 46.9 Å². The summed E-state index contributed by atoms with van der Waals surface area (Å²) in [4.78, 5) is 8.95. The van der Waals surface area contributed by atoms with Crippen LogP contribution >= 0.6 is 23.5 Å². The fourth-order valence-corrected chi connectivity index (χ4v) is 7.14. The van der Waals surface area contributed by atoms with Gasteiger partial charge in [0.25, 0.3) is 0 Å². The van der Waals surface area contributed by atoms with Gasteiger partial charge in [-0.25, -0.2) is 0 Å². The summed E-state index contributed by atoms with van der Waals surface area (Å²) < 4.78 is 20.5. The zero-order valence-corrected chi connectivity index (χ0v) is 26.8. The van der Waals surface area contributed by atoms with Crippen molar-refractivity contribution in [3.05, 3.63) is 76.7 Å². The molecule has 6 rings (SSSR count). The van der Waals surface area contributed by atoms with Crippen molar-refractivity contribution in [1.29, 1.82) is 5.26 Å². The zero-order valence-electron chi connectivity index (χ0n) is 25.2. The number of hydrogen-bond acceptors (Lipinski definition) is 9. The number of nitrogens with one attached hydrogen (secondary N) is 1. The molecule has 2 aromatic carbocycles. The second-order valence-corrected chi connectivity index (χ2v) is 13.0. The van der Waals surface area contributed by atoms with Crippen LogP contribution in [-0.2, 0) is 6.61 Å². The molecule has 1 saturated carbocycles. The van der Waals surface area contributed by atoms with Crippen LogP contribution in [0.15, 0.2) is 54.9 Å². The highest BCUT2D eigenvalue weighted by molar-refractivity contribution is 7.96. The predicted octanol–water partition coefficient (Wildman–Crippen LogP) is 7.94. The Bertz CT molecular complexity index is 1690. The number of nitriles is 1. The summed E-state index contributed by atoms with van der Waals surface area (Å²) in [6, 6.07) is 15.3. The molecular weight excluding hydrogens is 594 g/mol. The minimum absolute atomic E-state index is 0.339. The quantitative estimate of drug-likeness (QED) is 0.175. The van der Waals surface area contributed by atoms with E-state index in [1.165, 1.54) is 38.8 Å². The fourth-order valence-electron chi connectivity index (χ4n) is 6.38. The molecular formula is C34H36ClN5O3S. The maximum atomic E-state index is 9.91. The summed E-state index contributed by atoms with van der Waals surface area (Å²) in [6.45, 7) is 5.35. The van der Waals surface area contributed by atoms with Gasteiger partial charge in [-0.2, -0.15) is 5.26 Å². The largest absolute Gasteiger partial charge is 0.493 e. The molecule has 44 heavy (non-hydrogen) atoms. The molecule has 1 N–H and O–H groups in total. The molecule has 2 aliphatic rings. The lowest BCUT2D eigenvalue weighted by Crippen LogP contribution is -2.46. The number of nitrogens with zero attached hydrogens (tertiary/aromatic N) is 4. The van der Waals surface area contributed by atoms with Gasteiger partial charge < -0.3 is 19.5 Å². The van der Waals surface area contributed by atoms with Gasteiger partial charge in [0.2, 0.25) is 0 Å². The van der Waals surface area contributed by atoms with Gasteiger partial charge in [-0.15, -0.1) is 0 Å². The molecule has 1 spiro atoms. The molecule has 2 aromatic heterocycles. The summed E-state index contributed by atoms with van der Waals surface area (Å²) in [5, 5.41) is 14.5. The highest BCUT2D eigenvalue weighted by Gasteiger charge is 2.45. The minimum Gasteiger partial charge on any atom is -0.493 e. The highest BCUT2D eigenvalue weighted by atomic mass is 35.5. The Labute approximate surface area is 267 Å². The molecule has 1 saturated heterocycles. The fraction of sp³-hybridized carbons (Fsp3) is 0.382. The van der Waals surface area contributed by atoms with Crippen molar-refractivity contribution in [1.82, 2.24) is 14.3 Å². The summed E-state index contributed by atoms with van der Waals surface area (Å²) in [5.74, 6) is 2.42. The van der Waals surface area contributed by atoms with E-state index in [1.807, 2.05) is 55.3 Å². The average Bonchev–Trinajstić information content (AvgIpc) is 3.03. The number of benzene rings is 2. The third-order valence-electron chi connectivity index (χ3n) is 8.93. The first-order valence-electron chi connectivity index (χ1n) is 14.8. The molecule has 8 nitrogen and oxygen atoms in total. The Hall–Kier alpha value is -3.71. The summed E-state index contributed by atoms with van der Waals surface area (Å²) >= 11 is 8.53. The third kappa shape index (κ3) is 6.39. The van der Waals surface area contributed by atoms with E-state index in [9.17, 15) is 5.26 Å². The predicted molar refractivity (Wildman–Crippen MR) is 176 cm³/mol. The smallest absolute Gasteiger partial charge is 0.163 e. The topological polar surface area (TPSA) is 92.5 Å². The van der Waals surface area contributed by atoms with Gasteiger partial charge in [-0.1, -0.05) is 29.6 Å². The molecule has 0 bridgehead atoms. The van der Waals surface area contributed by atoms with Crippen molar-refractivity contribution in [2.24, 2.45) is 11.3 Å². The minimum atomic E-state index is 0.339. The van der Waals surface area contributed by atoms with Gasteiger partial charge in [0.1, 0.15) is 18.4 Å². The maximum Gasteiger partial charge on any atom is 0.163 e. The average molecular weight is 630 g/mol. The SMILES string of the molecule is COc1cc2c(Nc3ccc(OCc4ncccc4C)cc3Cl)c(C#N)cnc2cc1OCC1CC2(CCN(SC)CC2)C1. The van der Waals surface area contributed by atoms with E-state index in [0.717, 1.165) is 16.6 Å². The van der Waals surface area contributed by atoms with E-state index in [2.05, 4.69) is 31.9 Å². The first-order valence-corrected chi connectivity index (χ1v) is 16.4. The summed E-state index contributed by atoms with van der Waals surface area (Å²) in [5.41, 5.74) is 4.74. The lowest BCUT2D eigenvalue weighted by atomic mass is 9.58. The Morgan fingerprint density at radius 1 is 1.11 bits per heavy atom.